The maximum atomic E-state index is 3.40. The molecule has 0 amide bonds. The van der Waals surface area contributed by atoms with E-state index in [0.29, 0.717) is 6.04 Å². The summed E-state index contributed by atoms with van der Waals surface area (Å²) in [5, 5.41) is 4.27. The van der Waals surface area contributed by atoms with Crippen LogP contribution >= 0.6 is 0 Å². The Labute approximate surface area is 74.8 Å². The lowest BCUT2D eigenvalue weighted by Gasteiger charge is -2.40. The standard InChI is InChI=1S/C8H20N4/c1-4-8-7-11(5-2)10-12(6-3)9-8/h8-10H,4-7H2,1-3H3. The first-order chi connectivity index (χ1) is 5.80. The van der Waals surface area contributed by atoms with E-state index in [1.165, 1.54) is 6.42 Å². The van der Waals surface area contributed by atoms with Crippen molar-refractivity contribution in [3.8, 4) is 0 Å². The Kier molecular flexibility index (Phi) is 3.94. The van der Waals surface area contributed by atoms with Crippen LogP contribution in [0.4, 0.5) is 0 Å². The van der Waals surface area contributed by atoms with Crippen LogP contribution in [0.5, 0.6) is 0 Å². The summed E-state index contributed by atoms with van der Waals surface area (Å²) in [6, 6.07) is 0.589. The van der Waals surface area contributed by atoms with Crippen molar-refractivity contribution in [2.24, 2.45) is 0 Å². The fourth-order valence-corrected chi connectivity index (χ4v) is 1.35. The second-order valence-electron chi connectivity index (χ2n) is 3.12. The Bertz CT molecular complexity index is 98.5. The minimum absolute atomic E-state index is 0.589. The minimum atomic E-state index is 0.589. The average molecular weight is 172 g/mol. The van der Waals surface area contributed by atoms with Crippen LogP contribution in [0.15, 0.2) is 0 Å². The second kappa shape index (κ2) is 4.77. The van der Waals surface area contributed by atoms with Gasteiger partial charge in [-0.1, -0.05) is 13.8 Å². The van der Waals surface area contributed by atoms with Gasteiger partial charge in [0, 0.05) is 25.7 Å². The molecule has 1 rings (SSSR count). The van der Waals surface area contributed by atoms with Crippen LogP contribution in [0, 0.1) is 0 Å². The lowest BCUT2D eigenvalue weighted by atomic mass is 10.2. The van der Waals surface area contributed by atoms with Crippen molar-refractivity contribution in [3.05, 3.63) is 0 Å². The van der Waals surface area contributed by atoms with Gasteiger partial charge in [0.1, 0.15) is 0 Å². The van der Waals surface area contributed by atoms with Gasteiger partial charge in [-0.3, -0.25) is 0 Å². The summed E-state index contributed by atoms with van der Waals surface area (Å²) in [7, 11) is 0. The molecule has 0 radical (unpaired) electrons. The molecule has 0 aliphatic carbocycles. The van der Waals surface area contributed by atoms with Crippen molar-refractivity contribution in [1.82, 2.24) is 21.1 Å². The SMILES string of the molecule is CCC1CN(CC)NN(CC)N1. The highest BCUT2D eigenvalue weighted by molar-refractivity contribution is 4.69. The molecule has 4 heteroatoms. The molecule has 0 bridgehead atoms. The molecule has 1 saturated heterocycles. The van der Waals surface area contributed by atoms with Crippen LogP contribution in [0.25, 0.3) is 0 Å². The predicted octanol–water partition coefficient (Wildman–Crippen LogP) is 0.347. The van der Waals surface area contributed by atoms with Gasteiger partial charge in [0.25, 0.3) is 0 Å². The van der Waals surface area contributed by atoms with Gasteiger partial charge in [0.15, 0.2) is 0 Å². The molecule has 72 valence electrons. The Morgan fingerprint density at radius 2 is 2.00 bits per heavy atom. The van der Waals surface area contributed by atoms with Gasteiger partial charge in [-0.25, -0.2) is 10.4 Å². The molecule has 0 aromatic rings. The summed E-state index contributed by atoms with van der Waals surface area (Å²) in [6.45, 7) is 9.63. The quantitative estimate of drug-likeness (QED) is 0.643. The molecule has 0 saturated carbocycles. The van der Waals surface area contributed by atoms with Crippen molar-refractivity contribution < 1.29 is 0 Å². The summed E-state index contributed by atoms with van der Waals surface area (Å²) < 4.78 is 0. The van der Waals surface area contributed by atoms with Gasteiger partial charge in [0.05, 0.1) is 0 Å². The Hall–Kier alpha value is -0.160. The molecule has 12 heavy (non-hydrogen) atoms. The zero-order chi connectivity index (χ0) is 8.97. The largest absolute Gasteiger partial charge is 0.236 e. The first kappa shape index (κ1) is 9.92. The fourth-order valence-electron chi connectivity index (χ4n) is 1.35. The highest BCUT2D eigenvalue weighted by Gasteiger charge is 2.20. The highest BCUT2D eigenvalue weighted by Crippen LogP contribution is 2.00. The van der Waals surface area contributed by atoms with Gasteiger partial charge >= 0.3 is 0 Å². The number of hydrogen-bond acceptors (Lipinski definition) is 4. The van der Waals surface area contributed by atoms with Gasteiger partial charge in [-0.2, -0.15) is 10.7 Å². The molecule has 1 aliphatic rings. The minimum Gasteiger partial charge on any atom is -0.236 e. The number of hydrogen-bond donors (Lipinski definition) is 2. The Morgan fingerprint density at radius 1 is 1.25 bits per heavy atom. The molecule has 1 fully saturated rings. The summed E-state index contributed by atoms with van der Waals surface area (Å²) in [5.41, 5.74) is 6.67. The molecular formula is C8H20N4. The zero-order valence-electron chi connectivity index (χ0n) is 8.30. The van der Waals surface area contributed by atoms with E-state index in [-0.39, 0.29) is 0 Å². The number of likely N-dealkylation sites (N-methyl/N-ethyl adjacent to an activating group) is 1. The van der Waals surface area contributed by atoms with Crippen LogP contribution in [-0.2, 0) is 0 Å². The highest BCUT2D eigenvalue weighted by atomic mass is 15.9. The van der Waals surface area contributed by atoms with Gasteiger partial charge in [-0.05, 0) is 13.3 Å². The van der Waals surface area contributed by atoms with Crippen molar-refractivity contribution in [1.29, 1.82) is 0 Å². The molecule has 0 aromatic heterocycles. The van der Waals surface area contributed by atoms with Crippen molar-refractivity contribution >= 4 is 0 Å². The third-order valence-electron chi connectivity index (χ3n) is 2.23. The van der Waals surface area contributed by atoms with Crippen molar-refractivity contribution in [2.45, 2.75) is 33.2 Å². The summed E-state index contributed by atoms with van der Waals surface area (Å²) in [6.07, 6.45) is 1.18. The van der Waals surface area contributed by atoms with E-state index >= 15 is 0 Å². The lowest BCUT2D eigenvalue weighted by Crippen LogP contribution is -2.66. The van der Waals surface area contributed by atoms with E-state index in [9.17, 15) is 0 Å². The number of nitrogens with zero attached hydrogens (tertiary/aromatic N) is 2. The van der Waals surface area contributed by atoms with Crippen LogP contribution in [0.3, 0.4) is 0 Å². The van der Waals surface area contributed by atoms with Crippen LogP contribution in [-0.4, -0.2) is 35.8 Å². The van der Waals surface area contributed by atoms with Crippen molar-refractivity contribution in [3.63, 3.8) is 0 Å². The molecule has 0 aromatic carbocycles. The topological polar surface area (TPSA) is 30.5 Å². The zero-order valence-corrected chi connectivity index (χ0v) is 8.30. The Balaban J connectivity index is 2.41. The van der Waals surface area contributed by atoms with Crippen molar-refractivity contribution in [2.75, 3.05) is 19.6 Å². The first-order valence-corrected chi connectivity index (χ1v) is 4.85. The monoisotopic (exact) mass is 172 g/mol. The molecule has 4 nitrogen and oxygen atoms in total. The van der Waals surface area contributed by atoms with E-state index in [1.807, 2.05) is 5.12 Å². The predicted molar refractivity (Wildman–Crippen MR) is 50.0 cm³/mol. The van der Waals surface area contributed by atoms with Gasteiger partial charge in [-0.15, -0.1) is 0 Å². The molecule has 1 atom stereocenters. The second-order valence-corrected chi connectivity index (χ2v) is 3.12. The summed E-state index contributed by atoms with van der Waals surface area (Å²) >= 11 is 0. The molecule has 1 aliphatic heterocycles. The maximum absolute atomic E-state index is 3.40. The van der Waals surface area contributed by atoms with E-state index in [2.05, 4.69) is 36.7 Å². The lowest BCUT2D eigenvalue weighted by molar-refractivity contribution is -0.0712. The van der Waals surface area contributed by atoms with E-state index in [4.69, 9.17) is 0 Å². The number of hydrazine groups is 3. The molecule has 2 N–H and O–H groups in total. The number of rotatable bonds is 3. The Morgan fingerprint density at radius 3 is 2.50 bits per heavy atom. The molecule has 1 unspecified atom stereocenters. The molecule has 0 spiro atoms. The van der Waals surface area contributed by atoms with E-state index in [0.717, 1.165) is 19.6 Å². The average Bonchev–Trinajstić information content (AvgIpc) is 2.16. The van der Waals surface area contributed by atoms with Gasteiger partial charge in [0.2, 0.25) is 0 Å². The van der Waals surface area contributed by atoms with E-state index in [1.54, 1.807) is 0 Å². The number of nitrogens with one attached hydrogen (secondary N) is 2. The summed E-state index contributed by atoms with van der Waals surface area (Å²) in [4.78, 5) is 0. The van der Waals surface area contributed by atoms with Crippen LogP contribution in [0.2, 0.25) is 0 Å². The maximum Gasteiger partial charge on any atom is 0.0368 e. The summed E-state index contributed by atoms with van der Waals surface area (Å²) in [5.74, 6) is 0. The first-order valence-electron chi connectivity index (χ1n) is 4.85. The normalized spacial score (nSPS) is 27.8. The van der Waals surface area contributed by atoms with Crippen LogP contribution in [0.1, 0.15) is 27.2 Å². The third kappa shape index (κ3) is 2.42. The molecular weight excluding hydrogens is 152 g/mol. The smallest absolute Gasteiger partial charge is 0.0368 e. The van der Waals surface area contributed by atoms with Gasteiger partial charge < -0.3 is 0 Å². The third-order valence-corrected chi connectivity index (χ3v) is 2.23. The molecule has 1 heterocycles. The van der Waals surface area contributed by atoms with E-state index < -0.39 is 0 Å². The fraction of sp³-hybridized carbons (Fsp3) is 1.00. The van der Waals surface area contributed by atoms with Crippen LogP contribution < -0.4 is 11.0 Å².